The van der Waals surface area contributed by atoms with Crippen molar-refractivity contribution in [2.45, 2.75) is 13.5 Å². The summed E-state index contributed by atoms with van der Waals surface area (Å²) < 4.78 is 10.3. The molecule has 0 aliphatic heterocycles. The van der Waals surface area contributed by atoms with Crippen LogP contribution in [0.3, 0.4) is 0 Å². The van der Waals surface area contributed by atoms with E-state index in [-0.39, 0.29) is 0 Å². The lowest BCUT2D eigenvalue weighted by molar-refractivity contribution is 0.126. The van der Waals surface area contributed by atoms with Crippen LogP contribution in [0.4, 0.5) is 5.69 Å². The Labute approximate surface area is 93.2 Å². The van der Waals surface area contributed by atoms with Crippen LogP contribution >= 0.6 is 0 Å². The van der Waals surface area contributed by atoms with Gasteiger partial charge in [-0.2, -0.15) is 4.98 Å². The fourth-order valence-corrected chi connectivity index (χ4v) is 1.29. The maximum Gasteiger partial charge on any atom is 0.258 e. The number of aromatic nitrogens is 2. The van der Waals surface area contributed by atoms with Gasteiger partial charge < -0.3 is 15.0 Å². The Morgan fingerprint density at radius 3 is 3.06 bits per heavy atom. The zero-order valence-electron chi connectivity index (χ0n) is 9.01. The third-order valence-electron chi connectivity index (χ3n) is 2.04. The normalized spacial score (nSPS) is 10.6. The lowest BCUT2D eigenvalue weighted by Crippen LogP contribution is -1.93. The Hall–Kier alpha value is -1.88. The summed E-state index contributed by atoms with van der Waals surface area (Å²) in [6, 6.07) is 7.31. The summed E-state index contributed by atoms with van der Waals surface area (Å²) in [7, 11) is 0. The van der Waals surface area contributed by atoms with Gasteiger partial charge in [-0.3, -0.25) is 0 Å². The van der Waals surface area contributed by atoms with E-state index >= 15 is 0 Å². The molecule has 0 saturated carbocycles. The second-order valence-corrected chi connectivity index (χ2v) is 3.28. The molecule has 0 aliphatic carbocycles. The molecule has 0 saturated heterocycles. The number of benzene rings is 1. The molecule has 84 valence electrons. The first-order valence-corrected chi connectivity index (χ1v) is 5.06. The molecule has 0 atom stereocenters. The topological polar surface area (TPSA) is 74.2 Å². The van der Waals surface area contributed by atoms with E-state index in [1.165, 1.54) is 0 Å². The molecule has 2 aromatic rings. The minimum absolute atomic E-state index is 0.363. The van der Waals surface area contributed by atoms with Crippen LogP contribution in [-0.2, 0) is 11.3 Å². The van der Waals surface area contributed by atoms with E-state index in [0.29, 0.717) is 30.6 Å². The summed E-state index contributed by atoms with van der Waals surface area (Å²) in [6.07, 6.45) is 0. The first-order chi connectivity index (χ1) is 7.79. The van der Waals surface area contributed by atoms with Crippen molar-refractivity contribution in [2.75, 3.05) is 12.3 Å². The number of nitrogens with zero attached hydrogens (tertiary/aromatic N) is 2. The van der Waals surface area contributed by atoms with E-state index in [4.69, 9.17) is 15.0 Å². The predicted octanol–water partition coefficient (Wildman–Crippen LogP) is 1.86. The molecule has 0 aliphatic rings. The van der Waals surface area contributed by atoms with E-state index in [9.17, 15) is 0 Å². The molecule has 0 bridgehead atoms. The summed E-state index contributed by atoms with van der Waals surface area (Å²) in [5, 5.41) is 3.81. The van der Waals surface area contributed by atoms with E-state index < -0.39 is 0 Å². The van der Waals surface area contributed by atoms with Gasteiger partial charge in [0.25, 0.3) is 5.89 Å². The van der Waals surface area contributed by atoms with Crippen molar-refractivity contribution in [3.63, 3.8) is 0 Å². The van der Waals surface area contributed by atoms with Crippen LogP contribution in [0.25, 0.3) is 11.5 Å². The van der Waals surface area contributed by atoms with Gasteiger partial charge in [-0.05, 0) is 25.1 Å². The van der Waals surface area contributed by atoms with Gasteiger partial charge in [0.15, 0.2) is 5.82 Å². The predicted molar refractivity (Wildman–Crippen MR) is 59.5 cm³/mol. The van der Waals surface area contributed by atoms with Crippen LogP contribution in [0.15, 0.2) is 28.8 Å². The Morgan fingerprint density at radius 2 is 2.31 bits per heavy atom. The number of rotatable bonds is 4. The van der Waals surface area contributed by atoms with Gasteiger partial charge in [0.1, 0.15) is 6.61 Å². The fraction of sp³-hybridized carbons (Fsp3) is 0.273. The van der Waals surface area contributed by atoms with Gasteiger partial charge in [-0.15, -0.1) is 0 Å². The Morgan fingerprint density at radius 1 is 1.44 bits per heavy atom. The highest BCUT2D eigenvalue weighted by Crippen LogP contribution is 2.19. The highest BCUT2D eigenvalue weighted by atomic mass is 16.5. The smallest absolute Gasteiger partial charge is 0.258 e. The van der Waals surface area contributed by atoms with Gasteiger partial charge in [-0.1, -0.05) is 11.2 Å². The Bertz CT molecular complexity index is 468. The van der Waals surface area contributed by atoms with Crippen LogP contribution in [0.5, 0.6) is 0 Å². The zero-order chi connectivity index (χ0) is 11.4. The minimum Gasteiger partial charge on any atom is -0.399 e. The number of nitrogen functional groups attached to an aromatic ring is 1. The van der Waals surface area contributed by atoms with E-state index in [0.717, 1.165) is 5.56 Å². The van der Waals surface area contributed by atoms with Crippen LogP contribution in [0.2, 0.25) is 0 Å². The van der Waals surface area contributed by atoms with Crippen molar-refractivity contribution < 1.29 is 9.26 Å². The summed E-state index contributed by atoms with van der Waals surface area (Å²) >= 11 is 0. The molecule has 2 rings (SSSR count). The number of anilines is 1. The zero-order valence-corrected chi connectivity index (χ0v) is 9.01. The molecule has 1 aromatic carbocycles. The summed E-state index contributed by atoms with van der Waals surface area (Å²) in [4.78, 5) is 4.20. The highest BCUT2D eigenvalue weighted by Gasteiger charge is 2.08. The molecule has 5 nitrogen and oxygen atoms in total. The van der Waals surface area contributed by atoms with Crippen LogP contribution in [-0.4, -0.2) is 16.7 Å². The van der Waals surface area contributed by atoms with Crippen molar-refractivity contribution in [3.05, 3.63) is 30.1 Å². The van der Waals surface area contributed by atoms with Crippen LogP contribution in [0.1, 0.15) is 12.7 Å². The Kier molecular flexibility index (Phi) is 3.16. The molecule has 0 spiro atoms. The Balaban J connectivity index is 2.18. The van der Waals surface area contributed by atoms with Crippen LogP contribution in [0, 0.1) is 0 Å². The van der Waals surface area contributed by atoms with E-state index in [2.05, 4.69) is 10.1 Å². The van der Waals surface area contributed by atoms with Crippen LogP contribution < -0.4 is 5.73 Å². The quantitative estimate of drug-likeness (QED) is 0.794. The van der Waals surface area contributed by atoms with Gasteiger partial charge in [0, 0.05) is 17.9 Å². The third-order valence-corrected chi connectivity index (χ3v) is 2.04. The molecule has 0 radical (unpaired) electrons. The van der Waals surface area contributed by atoms with Gasteiger partial charge in [-0.25, -0.2) is 0 Å². The van der Waals surface area contributed by atoms with Gasteiger partial charge in [0.05, 0.1) is 0 Å². The standard InChI is InChI=1S/C11H13N3O2/c1-2-15-7-10-13-11(16-14-10)8-4-3-5-9(12)6-8/h3-6H,2,7,12H2,1H3. The monoisotopic (exact) mass is 219 g/mol. The summed E-state index contributed by atoms with van der Waals surface area (Å²) in [5.41, 5.74) is 7.15. The van der Waals surface area contributed by atoms with Gasteiger partial charge in [0.2, 0.25) is 0 Å². The first-order valence-electron chi connectivity index (χ1n) is 5.06. The fourth-order valence-electron chi connectivity index (χ4n) is 1.29. The molecule has 0 unspecified atom stereocenters. The third kappa shape index (κ3) is 2.38. The first kappa shape index (κ1) is 10.6. The molecule has 16 heavy (non-hydrogen) atoms. The number of nitrogens with two attached hydrogens (primary N) is 1. The van der Waals surface area contributed by atoms with E-state index in [1.807, 2.05) is 19.1 Å². The lowest BCUT2D eigenvalue weighted by atomic mass is 10.2. The van der Waals surface area contributed by atoms with Gasteiger partial charge >= 0.3 is 0 Å². The lowest BCUT2D eigenvalue weighted by Gasteiger charge is -1.95. The largest absolute Gasteiger partial charge is 0.399 e. The molecular formula is C11H13N3O2. The number of hydrogen-bond donors (Lipinski definition) is 1. The van der Waals surface area contributed by atoms with Crippen molar-refractivity contribution in [1.82, 2.24) is 10.1 Å². The second kappa shape index (κ2) is 4.76. The summed E-state index contributed by atoms with van der Waals surface area (Å²) in [6.45, 7) is 2.91. The molecule has 0 amide bonds. The minimum atomic E-state index is 0.363. The van der Waals surface area contributed by atoms with E-state index in [1.54, 1.807) is 12.1 Å². The molecule has 0 fully saturated rings. The molecular weight excluding hydrogens is 206 g/mol. The second-order valence-electron chi connectivity index (χ2n) is 3.28. The summed E-state index contributed by atoms with van der Waals surface area (Å²) in [5.74, 6) is 1.00. The SMILES string of the molecule is CCOCc1noc(-c2cccc(N)c2)n1. The average Bonchev–Trinajstić information content (AvgIpc) is 2.75. The molecule has 1 aromatic heterocycles. The maximum absolute atomic E-state index is 5.67. The maximum atomic E-state index is 5.67. The van der Waals surface area contributed by atoms with Crippen molar-refractivity contribution in [1.29, 1.82) is 0 Å². The molecule has 5 heteroatoms. The molecule has 1 heterocycles. The number of ether oxygens (including phenoxy) is 1. The molecule has 2 N–H and O–H groups in total. The average molecular weight is 219 g/mol. The number of hydrogen-bond acceptors (Lipinski definition) is 5. The van der Waals surface area contributed by atoms with Crippen molar-refractivity contribution in [3.8, 4) is 11.5 Å². The highest BCUT2D eigenvalue weighted by molar-refractivity contribution is 5.59. The van der Waals surface area contributed by atoms with Crippen molar-refractivity contribution >= 4 is 5.69 Å². The van der Waals surface area contributed by atoms with Crippen molar-refractivity contribution in [2.24, 2.45) is 0 Å².